The summed E-state index contributed by atoms with van der Waals surface area (Å²) in [6.07, 6.45) is 0. The topological polar surface area (TPSA) is 69.2 Å². The Morgan fingerprint density at radius 1 is 0.808 bits per heavy atom. The van der Waals surface area contributed by atoms with Crippen LogP contribution in [0.15, 0.2) is 72.8 Å². The van der Waals surface area contributed by atoms with Gasteiger partial charge in [0.1, 0.15) is 5.82 Å². The number of carboxylic acid groups (broad SMARTS) is 1. The van der Waals surface area contributed by atoms with Crippen molar-refractivity contribution < 1.29 is 19.1 Å². The summed E-state index contributed by atoms with van der Waals surface area (Å²) in [5, 5.41) is 14.0. The van der Waals surface area contributed by atoms with E-state index in [9.17, 15) is 19.1 Å². The number of carbonyl (C=O) groups is 2. The van der Waals surface area contributed by atoms with Crippen LogP contribution in [0.1, 0.15) is 26.3 Å². The summed E-state index contributed by atoms with van der Waals surface area (Å²) < 4.78 is 13.7. The van der Waals surface area contributed by atoms with Gasteiger partial charge in [-0.1, -0.05) is 60.7 Å². The molecule has 3 aromatic rings. The summed E-state index contributed by atoms with van der Waals surface area (Å²) >= 11 is 0. The van der Waals surface area contributed by atoms with Crippen LogP contribution < -0.4 is 10.4 Å². The number of benzene rings is 3. The van der Waals surface area contributed by atoms with E-state index in [2.05, 4.69) is 5.32 Å². The zero-order valence-electron chi connectivity index (χ0n) is 13.7. The number of rotatable bonds is 5. The maximum Gasteiger partial charge on any atom is 0.252 e. The van der Waals surface area contributed by atoms with Crippen molar-refractivity contribution in [2.75, 3.05) is 0 Å². The van der Waals surface area contributed by atoms with Gasteiger partial charge in [0.05, 0.1) is 5.97 Å². The molecule has 0 fully saturated rings. The third-order valence-electron chi connectivity index (χ3n) is 4.01. The molecular weight excluding hydrogens is 333 g/mol. The molecule has 0 bridgehead atoms. The number of carboxylic acids is 1. The van der Waals surface area contributed by atoms with Gasteiger partial charge in [-0.2, -0.15) is 0 Å². The zero-order valence-corrected chi connectivity index (χ0v) is 13.7. The molecule has 0 spiro atoms. The highest BCUT2D eigenvalue weighted by Gasteiger charge is 2.15. The van der Waals surface area contributed by atoms with Gasteiger partial charge in [0.25, 0.3) is 5.91 Å². The van der Waals surface area contributed by atoms with Gasteiger partial charge in [-0.15, -0.1) is 0 Å². The maximum absolute atomic E-state index is 13.7. The lowest BCUT2D eigenvalue weighted by atomic mass is 9.95. The van der Waals surface area contributed by atoms with Crippen LogP contribution >= 0.6 is 0 Å². The first kappa shape index (κ1) is 17.4. The predicted octanol–water partition coefficient (Wildman–Crippen LogP) is 2.79. The number of hydrogen-bond donors (Lipinski definition) is 1. The van der Waals surface area contributed by atoms with Crippen LogP contribution in [-0.2, 0) is 6.54 Å². The number of hydrogen-bond acceptors (Lipinski definition) is 3. The summed E-state index contributed by atoms with van der Waals surface area (Å²) in [6, 6.07) is 19.2. The van der Waals surface area contributed by atoms with Gasteiger partial charge in [0, 0.05) is 23.2 Å². The Kier molecular flexibility index (Phi) is 5.08. The first-order chi connectivity index (χ1) is 12.6. The van der Waals surface area contributed by atoms with Crippen LogP contribution in [0.25, 0.3) is 11.1 Å². The Labute approximate surface area is 149 Å². The van der Waals surface area contributed by atoms with E-state index in [1.54, 1.807) is 60.7 Å². The van der Waals surface area contributed by atoms with Crippen molar-refractivity contribution in [2.45, 2.75) is 6.54 Å². The molecule has 3 aromatic carbocycles. The Balaban J connectivity index is 1.92. The molecule has 0 atom stereocenters. The summed E-state index contributed by atoms with van der Waals surface area (Å²) in [6.45, 7) is 0.0297. The fourth-order valence-corrected chi connectivity index (χ4v) is 2.72. The molecule has 0 aliphatic rings. The Bertz CT molecular complexity index is 969. The predicted molar refractivity (Wildman–Crippen MR) is 93.8 cm³/mol. The van der Waals surface area contributed by atoms with Gasteiger partial charge in [-0.25, -0.2) is 4.39 Å². The van der Waals surface area contributed by atoms with Crippen molar-refractivity contribution in [2.24, 2.45) is 0 Å². The zero-order chi connectivity index (χ0) is 18.5. The second-order valence-corrected chi connectivity index (χ2v) is 5.65. The number of amides is 1. The highest BCUT2D eigenvalue weighted by Crippen LogP contribution is 2.27. The molecule has 3 rings (SSSR count). The molecule has 0 saturated carbocycles. The van der Waals surface area contributed by atoms with Crippen molar-refractivity contribution >= 4 is 11.9 Å². The third kappa shape index (κ3) is 3.62. The lowest BCUT2D eigenvalue weighted by Gasteiger charge is -2.14. The number of nitrogens with one attached hydrogen (secondary N) is 1. The summed E-state index contributed by atoms with van der Waals surface area (Å²) in [4.78, 5) is 24.0. The largest absolute Gasteiger partial charge is 0.545 e. The summed E-state index contributed by atoms with van der Waals surface area (Å²) in [5.74, 6) is -2.14. The van der Waals surface area contributed by atoms with Crippen molar-refractivity contribution in [1.82, 2.24) is 5.32 Å². The molecular formula is C21H15FNO3-. The number of halogens is 1. The molecule has 1 amide bonds. The fourth-order valence-electron chi connectivity index (χ4n) is 2.72. The van der Waals surface area contributed by atoms with Crippen LogP contribution in [0.4, 0.5) is 4.39 Å². The van der Waals surface area contributed by atoms with Crippen LogP contribution in [0, 0.1) is 5.82 Å². The summed E-state index contributed by atoms with van der Waals surface area (Å²) in [7, 11) is 0. The molecule has 5 heteroatoms. The Morgan fingerprint density at radius 3 is 2.00 bits per heavy atom. The van der Waals surface area contributed by atoms with Crippen LogP contribution in [-0.4, -0.2) is 11.9 Å². The van der Waals surface area contributed by atoms with Gasteiger partial charge in [0.15, 0.2) is 0 Å². The highest BCUT2D eigenvalue weighted by molar-refractivity contribution is 6.04. The quantitative estimate of drug-likeness (QED) is 0.771. The van der Waals surface area contributed by atoms with Crippen molar-refractivity contribution in [3.63, 3.8) is 0 Å². The summed E-state index contributed by atoms with van der Waals surface area (Å²) in [5.41, 5.74) is 1.54. The van der Waals surface area contributed by atoms with Crippen LogP contribution in [0.5, 0.6) is 0 Å². The van der Waals surface area contributed by atoms with E-state index in [1.807, 2.05) is 0 Å². The molecule has 0 aromatic heterocycles. The normalized spacial score (nSPS) is 10.3. The van der Waals surface area contributed by atoms with Gasteiger partial charge in [-0.05, 0) is 23.3 Å². The Hall–Kier alpha value is -3.47. The van der Waals surface area contributed by atoms with E-state index < -0.39 is 17.7 Å². The average Bonchev–Trinajstić information content (AvgIpc) is 2.67. The first-order valence-corrected chi connectivity index (χ1v) is 7.99. The molecule has 130 valence electrons. The lowest BCUT2D eigenvalue weighted by molar-refractivity contribution is -0.254. The minimum Gasteiger partial charge on any atom is -0.545 e. The van der Waals surface area contributed by atoms with E-state index in [-0.39, 0.29) is 12.1 Å². The molecule has 0 saturated heterocycles. The van der Waals surface area contributed by atoms with Gasteiger partial charge >= 0.3 is 0 Å². The van der Waals surface area contributed by atoms with Crippen LogP contribution in [0.3, 0.4) is 0 Å². The first-order valence-electron chi connectivity index (χ1n) is 7.99. The number of carbonyl (C=O) groups excluding carboxylic acids is 2. The van der Waals surface area contributed by atoms with E-state index in [4.69, 9.17) is 0 Å². The minimum absolute atomic E-state index is 0.00172. The van der Waals surface area contributed by atoms with Gasteiger partial charge in [-0.3, -0.25) is 4.79 Å². The van der Waals surface area contributed by atoms with Crippen molar-refractivity contribution in [3.8, 4) is 11.1 Å². The molecule has 0 radical (unpaired) electrons. The molecule has 4 nitrogen and oxygen atoms in total. The van der Waals surface area contributed by atoms with Gasteiger partial charge < -0.3 is 15.2 Å². The van der Waals surface area contributed by atoms with Gasteiger partial charge in [0.2, 0.25) is 0 Å². The minimum atomic E-state index is -1.32. The molecule has 1 N–H and O–H groups in total. The second kappa shape index (κ2) is 7.61. The van der Waals surface area contributed by atoms with E-state index >= 15 is 0 Å². The fraction of sp³-hybridized carbons (Fsp3) is 0.0476. The van der Waals surface area contributed by atoms with Crippen molar-refractivity contribution in [1.29, 1.82) is 0 Å². The second-order valence-electron chi connectivity index (χ2n) is 5.65. The standard InChI is InChI=1S/C21H16FNO3/c22-19-12-6-1-7-14(19)13-23-20(24)17-10-4-2-8-15(17)16-9-3-5-11-18(16)21(25)26/h1-12H,13H2,(H,23,24)(H,25,26)/p-1. The third-order valence-corrected chi connectivity index (χ3v) is 4.01. The monoisotopic (exact) mass is 348 g/mol. The number of aromatic carboxylic acids is 1. The molecule has 26 heavy (non-hydrogen) atoms. The SMILES string of the molecule is O=C([O-])c1ccccc1-c1ccccc1C(=O)NCc1ccccc1F. The smallest absolute Gasteiger partial charge is 0.252 e. The molecule has 0 aliphatic carbocycles. The van der Waals surface area contributed by atoms with E-state index in [1.165, 1.54) is 12.1 Å². The van der Waals surface area contributed by atoms with Crippen LogP contribution in [0.2, 0.25) is 0 Å². The molecule has 0 aliphatic heterocycles. The van der Waals surface area contributed by atoms with Crippen molar-refractivity contribution in [3.05, 3.63) is 95.3 Å². The maximum atomic E-state index is 13.7. The Morgan fingerprint density at radius 2 is 1.35 bits per heavy atom. The van der Waals surface area contributed by atoms with E-state index in [0.717, 1.165) is 0 Å². The average molecular weight is 348 g/mol. The highest BCUT2D eigenvalue weighted by atomic mass is 19.1. The molecule has 0 heterocycles. The van der Waals surface area contributed by atoms with E-state index in [0.29, 0.717) is 22.3 Å². The molecule has 0 unspecified atom stereocenters. The lowest BCUT2D eigenvalue weighted by Crippen LogP contribution is -2.25.